The highest BCUT2D eigenvalue weighted by Gasteiger charge is 2.05. The summed E-state index contributed by atoms with van der Waals surface area (Å²) in [6, 6.07) is 4.35. The lowest BCUT2D eigenvalue weighted by atomic mass is 10.2. The van der Waals surface area contributed by atoms with E-state index >= 15 is 0 Å². The maximum absolute atomic E-state index is 12.8. The number of ether oxygens (including phenoxy) is 1. The number of hydrogen-bond donors (Lipinski definition) is 0. The number of halogens is 3. The molecule has 0 saturated heterocycles. The summed E-state index contributed by atoms with van der Waals surface area (Å²) in [5.41, 5.74) is 0. The van der Waals surface area contributed by atoms with Crippen LogP contribution in [0, 0.1) is 11.7 Å². The fraction of sp³-hybridized carbons (Fsp3) is 0.400. The van der Waals surface area contributed by atoms with Crippen LogP contribution in [0.1, 0.15) is 6.92 Å². The first kappa shape index (κ1) is 11.8. The van der Waals surface area contributed by atoms with Crippen LogP contribution in [0.2, 0.25) is 0 Å². The Morgan fingerprint density at radius 3 is 2.93 bits per heavy atom. The van der Waals surface area contributed by atoms with Gasteiger partial charge >= 0.3 is 0 Å². The van der Waals surface area contributed by atoms with E-state index in [1.807, 2.05) is 6.92 Å². The van der Waals surface area contributed by atoms with E-state index in [9.17, 15) is 4.39 Å². The van der Waals surface area contributed by atoms with Crippen molar-refractivity contribution in [3.05, 3.63) is 28.5 Å². The minimum atomic E-state index is -0.304. The van der Waals surface area contributed by atoms with Crippen molar-refractivity contribution in [3.63, 3.8) is 0 Å². The first-order chi connectivity index (χ1) is 6.63. The van der Waals surface area contributed by atoms with E-state index < -0.39 is 0 Å². The molecule has 4 heteroatoms. The van der Waals surface area contributed by atoms with Gasteiger partial charge in [-0.3, -0.25) is 0 Å². The molecular weight excluding hydrogens is 270 g/mol. The maximum atomic E-state index is 12.8. The Hall–Kier alpha value is -0.280. The third-order valence-corrected chi connectivity index (χ3v) is 2.86. The van der Waals surface area contributed by atoms with Gasteiger partial charge in [0.2, 0.25) is 0 Å². The molecule has 1 atom stereocenters. The molecule has 1 aromatic rings. The first-order valence-electron chi connectivity index (χ1n) is 4.27. The van der Waals surface area contributed by atoms with Crippen molar-refractivity contribution in [2.45, 2.75) is 6.92 Å². The number of rotatable bonds is 4. The molecule has 0 aliphatic rings. The summed E-state index contributed by atoms with van der Waals surface area (Å²) in [4.78, 5) is 0. The van der Waals surface area contributed by atoms with Crippen LogP contribution in [0.4, 0.5) is 4.39 Å². The summed E-state index contributed by atoms with van der Waals surface area (Å²) in [7, 11) is 0. The molecule has 1 rings (SSSR count). The predicted octanol–water partition coefficient (Wildman–Crippen LogP) is 3.84. The Bertz CT molecular complexity index is 306. The molecule has 1 unspecified atom stereocenters. The van der Waals surface area contributed by atoms with Gasteiger partial charge in [-0.2, -0.15) is 0 Å². The summed E-state index contributed by atoms with van der Waals surface area (Å²) in [5, 5.41) is 0. The van der Waals surface area contributed by atoms with Crippen molar-refractivity contribution < 1.29 is 9.13 Å². The molecule has 0 amide bonds. The van der Waals surface area contributed by atoms with Gasteiger partial charge < -0.3 is 4.74 Å². The van der Waals surface area contributed by atoms with E-state index in [0.29, 0.717) is 18.2 Å². The second-order valence-electron chi connectivity index (χ2n) is 3.15. The van der Waals surface area contributed by atoms with Crippen LogP contribution in [-0.4, -0.2) is 12.5 Å². The Balaban J connectivity index is 2.62. The smallest absolute Gasteiger partial charge is 0.136 e. The molecule has 0 aliphatic heterocycles. The summed E-state index contributed by atoms with van der Waals surface area (Å²) < 4.78 is 19.0. The Morgan fingerprint density at radius 1 is 1.57 bits per heavy atom. The lowest BCUT2D eigenvalue weighted by molar-refractivity contribution is 0.270. The quantitative estimate of drug-likeness (QED) is 0.762. The average Bonchev–Trinajstić information content (AvgIpc) is 2.19. The summed E-state index contributed by atoms with van der Waals surface area (Å²) in [5.74, 6) is 1.00. The average molecular weight is 282 g/mol. The molecule has 78 valence electrons. The van der Waals surface area contributed by atoms with Gasteiger partial charge in [0.25, 0.3) is 0 Å². The second kappa shape index (κ2) is 5.56. The zero-order valence-electron chi connectivity index (χ0n) is 7.77. The topological polar surface area (TPSA) is 9.23 Å². The molecule has 0 bridgehead atoms. The third kappa shape index (κ3) is 3.46. The monoisotopic (exact) mass is 280 g/mol. The lowest BCUT2D eigenvalue weighted by Gasteiger charge is -2.11. The van der Waals surface area contributed by atoms with Crippen molar-refractivity contribution in [1.29, 1.82) is 0 Å². The minimum absolute atomic E-state index is 0.256. The highest BCUT2D eigenvalue weighted by atomic mass is 79.9. The summed E-state index contributed by atoms with van der Waals surface area (Å²) >= 11 is 8.90. The molecule has 0 aliphatic carbocycles. The van der Waals surface area contributed by atoms with Gasteiger partial charge in [-0.05, 0) is 28.1 Å². The van der Waals surface area contributed by atoms with E-state index in [4.69, 9.17) is 16.3 Å². The van der Waals surface area contributed by atoms with Gasteiger partial charge in [-0.15, -0.1) is 11.6 Å². The maximum Gasteiger partial charge on any atom is 0.136 e. The van der Waals surface area contributed by atoms with Crippen LogP contribution >= 0.6 is 27.5 Å². The second-order valence-corrected chi connectivity index (χ2v) is 4.31. The van der Waals surface area contributed by atoms with Crippen molar-refractivity contribution in [2.75, 3.05) is 12.5 Å². The summed E-state index contributed by atoms with van der Waals surface area (Å²) in [6.07, 6.45) is 0. The van der Waals surface area contributed by atoms with Crippen LogP contribution < -0.4 is 4.74 Å². The molecule has 1 aromatic carbocycles. The van der Waals surface area contributed by atoms with Gasteiger partial charge in [0, 0.05) is 17.9 Å². The van der Waals surface area contributed by atoms with E-state index in [1.165, 1.54) is 12.1 Å². The van der Waals surface area contributed by atoms with Gasteiger partial charge in [0.1, 0.15) is 11.6 Å². The van der Waals surface area contributed by atoms with Crippen molar-refractivity contribution in [3.8, 4) is 5.75 Å². The molecule has 0 fully saturated rings. The summed E-state index contributed by atoms with van der Waals surface area (Å²) in [6.45, 7) is 2.46. The Kier molecular flexibility index (Phi) is 4.69. The van der Waals surface area contributed by atoms with Crippen LogP contribution in [0.5, 0.6) is 5.75 Å². The van der Waals surface area contributed by atoms with Crippen LogP contribution in [0.25, 0.3) is 0 Å². The van der Waals surface area contributed by atoms with E-state index in [0.717, 1.165) is 4.47 Å². The molecule has 0 spiro atoms. The standard InChI is InChI=1S/C10H11BrClFO/c1-7(5-12)6-14-10-4-8(13)2-3-9(10)11/h2-4,7H,5-6H2,1H3. The molecular formula is C10H11BrClFO. The molecule has 1 nitrogen and oxygen atoms in total. The Labute approximate surface area is 96.3 Å². The van der Waals surface area contributed by atoms with Crippen molar-refractivity contribution in [1.82, 2.24) is 0 Å². The SMILES string of the molecule is CC(CCl)COc1cc(F)ccc1Br. The fourth-order valence-corrected chi connectivity index (χ4v) is 1.31. The van der Waals surface area contributed by atoms with Crippen LogP contribution in [0.15, 0.2) is 22.7 Å². The van der Waals surface area contributed by atoms with Crippen molar-refractivity contribution >= 4 is 27.5 Å². The zero-order valence-corrected chi connectivity index (χ0v) is 10.1. The van der Waals surface area contributed by atoms with E-state index in [-0.39, 0.29) is 11.7 Å². The molecule has 0 aromatic heterocycles. The number of alkyl halides is 1. The third-order valence-electron chi connectivity index (χ3n) is 1.68. The van der Waals surface area contributed by atoms with Gasteiger partial charge in [-0.1, -0.05) is 6.92 Å². The van der Waals surface area contributed by atoms with Crippen LogP contribution in [-0.2, 0) is 0 Å². The first-order valence-corrected chi connectivity index (χ1v) is 5.60. The predicted molar refractivity (Wildman–Crippen MR) is 59.5 cm³/mol. The Morgan fingerprint density at radius 2 is 2.29 bits per heavy atom. The fourth-order valence-electron chi connectivity index (χ4n) is 0.864. The van der Waals surface area contributed by atoms with E-state index in [2.05, 4.69) is 15.9 Å². The number of hydrogen-bond acceptors (Lipinski definition) is 1. The molecule has 14 heavy (non-hydrogen) atoms. The highest BCUT2D eigenvalue weighted by molar-refractivity contribution is 9.10. The van der Waals surface area contributed by atoms with Gasteiger partial charge in [0.05, 0.1) is 11.1 Å². The molecule has 0 saturated carbocycles. The molecule has 0 heterocycles. The van der Waals surface area contributed by atoms with Gasteiger partial charge in [0.15, 0.2) is 0 Å². The zero-order chi connectivity index (χ0) is 10.6. The molecule has 0 N–H and O–H groups in total. The number of benzene rings is 1. The van der Waals surface area contributed by atoms with E-state index in [1.54, 1.807) is 6.07 Å². The van der Waals surface area contributed by atoms with Gasteiger partial charge in [-0.25, -0.2) is 4.39 Å². The minimum Gasteiger partial charge on any atom is -0.492 e. The largest absolute Gasteiger partial charge is 0.492 e. The van der Waals surface area contributed by atoms with Crippen molar-refractivity contribution in [2.24, 2.45) is 5.92 Å². The highest BCUT2D eigenvalue weighted by Crippen LogP contribution is 2.25. The molecule has 0 radical (unpaired) electrons. The lowest BCUT2D eigenvalue weighted by Crippen LogP contribution is -2.09. The van der Waals surface area contributed by atoms with Crippen LogP contribution in [0.3, 0.4) is 0 Å². The normalized spacial score (nSPS) is 12.6.